The van der Waals surface area contributed by atoms with Crippen LogP contribution < -0.4 is 0 Å². The first kappa shape index (κ1) is 14.5. The first-order chi connectivity index (χ1) is 11.2. The van der Waals surface area contributed by atoms with Crippen LogP contribution >= 0.6 is 11.6 Å². The fourth-order valence-electron chi connectivity index (χ4n) is 3.21. The third-order valence-electron chi connectivity index (χ3n) is 4.35. The Hall–Kier alpha value is -2.04. The van der Waals surface area contributed by atoms with Gasteiger partial charge in [0.1, 0.15) is 11.9 Å². The molecule has 2 aromatic carbocycles. The van der Waals surface area contributed by atoms with Gasteiger partial charge in [0.2, 0.25) is 0 Å². The van der Waals surface area contributed by atoms with Crippen LogP contribution in [0.2, 0.25) is 5.02 Å². The first-order valence-corrected chi connectivity index (χ1v) is 8.07. The summed E-state index contributed by atoms with van der Waals surface area (Å²) < 4.78 is 0. The minimum Gasteiger partial charge on any atom is -0.508 e. The Bertz CT molecular complexity index is 758. The largest absolute Gasteiger partial charge is 0.508 e. The molecule has 2 aliphatic heterocycles. The topological polar surface area (TPSA) is 45.1 Å². The lowest BCUT2D eigenvalue weighted by atomic mass is 10.0. The van der Waals surface area contributed by atoms with Crippen molar-refractivity contribution in [2.45, 2.75) is 25.6 Å². The maximum absolute atomic E-state index is 9.58. The normalized spacial score (nSPS) is 20.2. The number of aromatic hydroxyl groups is 1. The number of hydrogen-bond donors (Lipinski definition) is 1. The van der Waals surface area contributed by atoms with Gasteiger partial charge in [-0.05, 0) is 41.0 Å². The van der Waals surface area contributed by atoms with Crippen LogP contribution in [0.15, 0.2) is 47.6 Å². The number of oxime groups is 1. The van der Waals surface area contributed by atoms with Crippen LogP contribution in [-0.2, 0) is 17.9 Å². The SMILES string of the molecule is Oc1ccc2c(c1)CN(CC1CC(c3ccc(Cl)cc3)=NO1)C2. The number of nitrogens with zero attached hydrogens (tertiary/aromatic N) is 2. The zero-order valence-corrected chi connectivity index (χ0v) is 13.3. The van der Waals surface area contributed by atoms with Crippen molar-refractivity contribution < 1.29 is 9.94 Å². The van der Waals surface area contributed by atoms with Gasteiger partial charge in [-0.3, -0.25) is 4.90 Å². The third-order valence-corrected chi connectivity index (χ3v) is 4.60. The smallest absolute Gasteiger partial charge is 0.145 e. The number of hydrogen-bond acceptors (Lipinski definition) is 4. The maximum Gasteiger partial charge on any atom is 0.145 e. The summed E-state index contributed by atoms with van der Waals surface area (Å²) in [5.74, 6) is 0.330. The monoisotopic (exact) mass is 328 g/mol. The average molecular weight is 329 g/mol. The molecule has 0 amide bonds. The Morgan fingerprint density at radius 1 is 1.13 bits per heavy atom. The Kier molecular flexibility index (Phi) is 3.71. The van der Waals surface area contributed by atoms with E-state index in [1.807, 2.05) is 36.4 Å². The molecule has 0 fully saturated rings. The van der Waals surface area contributed by atoms with Gasteiger partial charge in [-0.15, -0.1) is 0 Å². The van der Waals surface area contributed by atoms with Gasteiger partial charge in [0.05, 0.1) is 5.71 Å². The van der Waals surface area contributed by atoms with E-state index in [-0.39, 0.29) is 6.10 Å². The van der Waals surface area contributed by atoms with E-state index in [1.54, 1.807) is 6.07 Å². The molecule has 4 rings (SSSR count). The fraction of sp³-hybridized carbons (Fsp3) is 0.278. The molecule has 0 spiro atoms. The zero-order valence-electron chi connectivity index (χ0n) is 12.6. The van der Waals surface area contributed by atoms with E-state index in [1.165, 1.54) is 11.1 Å². The lowest BCUT2D eigenvalue weighted by Gasteiger charge is -2.18. The lowest BCUT2D eigenvalue weighted by Crippen LogP contribution is -2.28. The van der Waals surface area contributed by atoms with Crippen molar-refractivity contribution in [1.29, 1.82) is 0 Å². The van der Waals surface area contributed by atoms with E-state index >= 15 is 0 Å². The van der Waals surface area contributed by atoms with Crippen LogP contribution in [0.4, 0.5) is 0 Å². The molecule has 0 aromatic heterocycles. The maximum atomic E-state index is 9.58. The van der Waals surface area contributed by atoms with Crippen molar-refractivity contribution in [2.75, 3.05) is 6.54 Å². The predicted octanol–water partition coefficient (Wildman–Crippen LogP) is 3.55. The number of phenols is 1. The summed E-state index contributed by atoms with van der Waals surface area (Å²) in [5.41, 5.74) is 4.51. The van der Waals surface area contributed by atoms with E-state index in [2.05, 4.69) is 10.1 Å². The molecule has 0 bridgehead atoms. The summed E-state index contributed by atoms with van der Waals surface area (Å²) in [6.45, 7) is 2.57. The Morgan fingerprint density at radius 3 is 2.74 bits per heavy atom. The third kappa shape index (κ3) is 3.05. The van der Waals surface area contributed by atoms with Crippen molar-refractivity contribution >= 4 is 17.3 Å². The summed E-state index contributed by atoms with van der Waals surface area (Å²) in [5, 5.41) is 14.5. The Labute approximate surface area is 139 Å². The van der Waals surface area contributed by atoms with Crippen molar-refractivity contribution in [3.63, 3.8) is 0 Å². The highest BCUT2D eigenvalue weighted by atomic mass is 35.5. The van der Waals surface area contributed by atoms with Gasteiger partial charge in [0, 0.05) is 31.1 Å². The second kappa shape index (κ2) is 5.87. The highest BCUT2D eigenvalue weighted by Crippen LogP contribution is 2.28. The lowest BCUT2D eigenvalue weighted by molar-refractivity contribution is 0.0516. The molecule has 2 aliphatic rings. The standard InChI is InChI=1S/C18H17ClN2O2/c19-15-4-1-12(2-5-15)18-8-17(23-20-18)11-21-9-13-3-6-16(22)7-14(13)10-21/h1-7,17,22H,8-11H2. The summed E-state index contributed by atoms with van der Waals surface area (Å²) in [6, 6.07) is 13.3. The highest BCUT2D eigenvalue weighted by Gasteiger charge is 2.27. The van der Waals surface area contributed by atoms with Gasteiger partial charge in [-0.25, -0.2) is 0 Å². The first-order valence-electron chi connectivity index (χ1n) is 7.69. The number of rotatable bonds is 3. The van der Waals surface area contributed by atoms with Crippen LogP contribution in [0.1, 0.15) is 23.1 Å². The Morgan fingerprint density at radius 2 is 1.91 bits per heavy atom. The van der Waals surface area contributed by atoms with Crippen molar-refractivity contribution in [3.8, 4) is 5.75 Å². The van der Waals surface area contributed by atoms with Crippen LogP contribution in [-0.4, -0.2) is 28.4 Å². The number of benzene rings is 2. The van der Waals surface area contributed by atoms with E-state index in [4.69, 9.17) is 16.4 Å². The van der Waals surface area contributed by atoms with Gasteiger partial charge in [-0.1, -0.05) is 35.0 Å². The van der Waals surface area contributed by atoms with Crippen LogP contribution in [0.3, 0.4) is 0 Å². The summed E-state index contributed by atoms with van der Waals surface area (Å²) in [4.78, 5) is 7.93. The van der Waals surface area contributed by atoms with Crippen LogP contribution in [0, 0.1) is 0 Å². The van der Waals surface area contributed by atoms with E-state index in [9.17, 15) is 5.11 Å². The van der Waals surface area contributed by atoms with Gasteiger partial charge < -0.3 is 9.94 Å². The molecule has 2 heterocycles. The van der Waals surface area contributed by atoms with Gasteiger partial charge in [0.25, 0.3) is 0 Å². The molecular formula is C18H17ClN2O2. The van der Waals surface area contributed by atoms with Crippen molar-refractivity contribution in [3.05, 3.63) is 64.2 Å². The molecule has 0 aliphatic carbocycles. The second-order valence-electron chi connectivity index (χ2n) is 6.10. The molecule has 0 radical (unpaired) electrons. The second-order valence-corrected chi connectivity index (χ2v) is 6.54. The molecule has 2 aromatic rings. The zero-order chi connectivity index (χ0) is 15.8. The number of halogens is 1. The van der Waals surface area contributed by atoms with Crippen LogP contribution in [0.5, 0.6) is 5.75 Å². The quantitative estimate of drug-likeness (QED) is 0.937. The van der Waals surface area contributed by atoms with Crippen LogP contribution in [0.25, 0.3) is 0 Å². The molecule has 1 atom stereocenters. The average Bonchev–Trinajstić information content (AvgIpc) is 3.14. The molecule has 4 nitrogen and oxygen atoms in total. The molecule has 5 heteroatoms. The summed E-state index contributed by atoms with van der Waals surface area (Å²) >= 11 is 5.92. The molecular weight excluding hydrogens is 312 g/mol. The van der Waals surface area contributed by atoms with E-state index in [0.717, 1.165) is 42.4 Å². The number of phenolic OH excluding ortho intramolecular Hbond substituents is 1. The van der Waals surface area contributed by atoms with Gasteiger partial charge in [-0.2, -0.15) is 0 Å². The van der Waals surface area contributed by atoms with Crippen molar-refractivity contribution in [1.82, 2.24) is 4.90 Å². The van der Waals surface area contributed by atoms with Gasteiger partial charge in [0.15, 0.2) is 0 Å². The summed E-state index contributed by atoms with van der Waals surface area (Å²) in [6.07, 6.45) is 0.878. The minimum absolute atomic E-state index is 0.0728. The highest BCUT2D eigenvalue weighted by molar-refractivity contribution is 6.30. The molecule has 1 N–H and O–H groups in total. The minimum atomic E-state index is 0.0728. The predicted molar refractivity (Wildman–Crippen MR) is 89.7 cm³/mol. The molecule has 0 saturated heterocycles. The van der Waals surface area contributed by atoms with Crippen molar-refractivity contribution in [2.24, 2.45) is 5.16 Å². The number of fused-ring (bicyclic) bond motifs is 1. The fourth-order valence-corrected chi connectivity index (χ4v) is 3.33. The molecule has 23 heavy (non-hydrogen) atoms. The molecule has 0 saturated carbocycles. The van der Waals surface area contributed by atoms with Gasteiger partial charge >= 0.3 is 0 Å². The van der Waals surface area contributed by atoms with E-state index < -0.39 is 0 Å². The Balaban J connectivity index is 1.37. The molecule has 118 valence electrons. The molecule has 1 unspecified atom stereocenters. The van der Waals surface area contributed by atoms with E-state index in [0.29, 0.717) is 5.75 Å². The summed E-state index contributed by atoms with van der Waals surface area (Å²) in [7, 11) is 0.